The molecule has 1 aliphatic heterocycles. The molecule has 0 N–H and O–H groups in total. The molecule has 1 heterocycles. The summed E-state index contributed by atoms with van der Waals surface area (Å²) in [4.78, 5) is 0. The molecule has 0 bridgehead atoms. The molecule has 167 valence electrons. The van der Waals surface area contributed by atoms with E-state index < -0.39 is 24.2 Å². The van der Waals surface area contributed by atoms with Crippen molar-refractivity contribution >= 4 is 24.2 Å². The van der Waals surface area contributed by atoms with Crippen LogP contribution in [-0.4, -0.2) is 37.4 Å². The van der Waals surface area contributed by atoms with Gasteiger partial charge in [-0.15, -0.1) is 16.1 Å². The average molecular weight is 485 g/mol. The first-order chi connectivity index (χ1) is 12.3. The van der Waals surface area contributed by atoms with Gasteiger partial charge in [-0.1, -0.05) is 86.6 Å². The minimum absolute atomic E-state index is 0. The predicted octanol–water partition coefficient (Wildman–Crippen LogP) is 8.02. The van der Waals surface area contributed by atoms with Crippen molar-refractivity contribution < 1.29 is 30.6 Å². The molecule has 1 nitrogen and oxygen atoms in total. The number of rotatable bonds is 1. The van der Waals surface area contributed by atoms with Crippen LogP contribution in [0.1, 0.15) is 40.5 Å². The van der Waals surface area contributed by atoms with Crippen LogP contribution < -0.4 is 0 Å². The molecular formula is C24H51OScSi3+. The van der Waals surface area contributed by atoms with Crippen molar-refractivity contribution in [3.05, 3.63) is 42.3 Å². The Balaban J connectivity index is -0.000000352. The van der Waals surface area contributed by atoms with Crippen LogP contribution in [0.4, 0.5) is 0 Å². The summed E-state index contributed by atoms with van der Waals surface area (Å²) in [5.74, 6) is 6.12. The van der Waals surface area contributed by atoms with Gasteiger partial charge in [0.05, 0.1) is 8.07 Å². The van der Waals surface area contributed by atoms with E-state index in [1.54, 1.807) is 17.4 Å². The van der Waals surface area contributed by atoms with Crippen LogP contribution in [0.2, 0.25) is 58.9 Å². The van der Waals surface area contributed by atoms with E-state index in [-0.39, 0.29) is 25.8 Å². The van der Waals surface area contributed by atoms with Crippen molar-refractivity contribution in [3.63, 3.8) is 0 Å². The second-order valence-corrected chi connectivity index (χ2v) is 26.8. The zero-order valence-electron chi connectivity index (χ0n) is 22.2. The van der Waals surface area contributed by atoms with Crippen molar-refractivity contribution in [2.75, 3.05) is 13.2 Å². The van der Waals surface area contributed by atoms with Crippen molar-refractivity contribution in [2.24, 2.45) is 0 Å². The maximum Gasteiger partial charge on any atom is 3.00 e. The molecule has 1 saturated carbocycles. The molecule has 1 saturated heterocycles. The van der Waals surface area contributed by atoms with Gasteiger partial charge in [0.1, 0.15) is 0 Å². The molecule has 5 radical (unpaired) electrons. The molecule has 1 aliphatic carbocycles. The van der Waals surface area contributed by atoms with Gasteiger partial charge < -0.3 is 17.8 Å². The van der Waals surface area contributed by atoms with Crippen molar-refractivity contribution in [2.45, 2.75) is 99.5 Å². The molecule has 2 fully saturated rings. The normalized spacial score (nSPS) is 20.0. The summed E-state index contributed by atoms with van der Waals surface area (Å²) in [7, 11) is -2.86. The van der Waals surface area contributed by atoms with Crippen LogP contribution in [-0.2, 0) is 30.6 Å². The van der Waals surface area contributed by atoms with Crippen LogP contribution in [0.3, 0.4) is 0 Å². The van der Waals surface area contributed by atoms with Crippen molar-refractivity contribution in [1.29, 1.82) is 0 Å². The van der Waals surface area contributed by atoms with Gasteiger partial charge in [-0.2, -0.15) is 0 Å². The Hall–Kier alpha value is 1.48. The van der Waals surface area contributed by atoms with Crippen LogP contribution in [0.5, 0.6) is 0 Å². The molecule has 0 amide bonds. The molecule has 5 heteroatoms. The van der Waals surface area contributed by atoms with Gasteiger partial charge in [0.25, 0.3) is 0 Å². The third-order valence-corrected chi connectivity index (χ3v) is 6.26. The maximum atomic E-state index is 4.94. The fourth-order valence-corrected chi connectivity index (χ4v) is 5.48. The number of hydrogen-bond donors (Lipinski definition) is 0. The monoisotopic (exact) mass is 484 g/mol. The predicted molar refractivity (Wildman–Crippen MR) is 140 cm³/mol. The van der Waals surface area contributed by atoms with Crippen molar-refractivity contribution in [1.82, 2.24) is 0 Å². The zero-order chi connectivity index (χ0) is 22.9. The third kappa shape index (κ3) is 21.1. The summed E-state index contributed by atoms with van der Waals surface area (Å²) < 4.78 is 4.94. The quantitative estimate of drug-likeness (QED) is 0.270. The van der Waals surface area contributed by atoms with E-state index in [1.807, 2.05) is 0 Å². The molecular weight excluding hydrogens is 433 g/mol. The SMILES string of the molecule is C1CCOC1.C[C]1[C](C)[C](C)[C]([Si](C)(C)C)[C]1C.[CH2-][Si](C)(C)C.[CH2-][Si](C)(C)C.[Sc+3]. The summed E-state index contributed by atoms with van der Waals surface area (Å²) in [5, 5.41) is 0. The topological polar surface area (TPSA) is 9.23 Å². The molecule has 0 atom stereocenters. The molecule has 0 unspecified atom stereocenters. The fraction of sp³-hybridized carbons (Fsp3) is 0.708. The molecule has 0 aromatic carbocycles. The number of ether oxygens (including phenoxy) is 1. The Bertz CT molecular complexity index is 347. The summed E-state index contributed by atoms with van der Waals surface area (Å²) in [6.07, 6.45) is 2.56. The zero-order valence-corrected chi connectivity index (χ0v) is 27.0. The van der Waals surface area contributed by atoms with Gasteiger partial charge >= 0.3 is 25.8 Å². The van der Waals surface area contributed by atoms with Gasteiger partial charge in [-0.3, -0.25) is 0 Å². The Morgan fingerprint density at radius 2 is 0.828 bits per heavy atom. The molecule has 2 rings (SSSR count). The Morgan fingerprint density at radius 1 is 0.586 bits per heavy atom. The Kier molecular flexibility index (Phi) is 18.6. The van der Waals surface area contributed by atoms with E-state index in [9.17, 15) is 0 Å². The molecule has 2 aliphatic rings. The minimum atomic E-state index is -1.13. The van der Waals surface area contributed by atoms with Gasteiger partial charge in [-0.05, 0) is 42.1 Å². The van der Waals surface area contributed by atoms with Gasteiger partial charge in [0, 0.05) is 13.2 Å². The first-order valence-electron chi connectivity index (χ1n) is 10.8. The van der Waals surface area contributed by atoms with Gasteiger partial charge in [0.2, 0.25) is 0 Å². The first-order valence-corrected chi connectivity index (χ1v) is 21.7. The molecule has 0 spiro atoms. The van der Waals surface area contributed by atoms with E-state index in [0.717, 1.165) is 13.2 Å². The Labute approximate surface area is 208 Å². The summed E-state index contributed by atoms with van der Waals surface area (Å²) >= 11 is 0. The first kappa shape index (κ1) is 35.1. The largest absolute Gasteiger partial charge is 3.00 e. The second kappa shape index (κ2) is 15.3. The number of hydrogen-bond acceptors (Lipinski definition) is 1. The summed E-state index contributed by atoms with van der Waals surface area (Å²) in [6.45, 7) is 39.5. The molecule has 0 aromatic rings. The molecule has 29 heavy (non-hydrogen) atoms. The van der Waals surface area contributed by atoms with E-state index in [0.29, 0.717) is 0 Å². The van der Waals surface area contributed by atoms with Crippen molar-refractivity contribution in [3.8, 4) is 0 Å². The smallest absolute Gasteiger partial charge is 0.381 e. The molecule has 0 aromatic heterocycles. The van der Waals surface area contributed by atoms with E-state index in [4.69, 9.17) is 4.74 Å². The fourth-order valence-electron chi connectivity index (χ4n) is 2.85. The average Bonchev–Trinajstić information content (AvgIpc) is 3.04. The van der Waals surface area contributed by atoms with E-state index >= 15 is 0 Å². The van der Waals surface area contributed by atoms with Crippen LogP contribution >= 0.6 is 0 Å². The maximum absolute atomic E-state index is 4.94. The van der Waals surface area contributed by atoms with Gasteiger partial charge in [-0.25, -0.2) is 0 Å². The van der Waals surface area contributed by atoms with Crippen LogP contribution in [0, 0.1) is 42.3 Å². The van der Waals surface area contributed by atoms with E-state index in [1.165, 1.54) is 24.7 Å². The van der Waals surface area contributed by atoms with Crippen LogP contribution in [0.25, 0.3) is 0 Å². The second-order valence-electron chi connectivity index (χ2n) is 11.6. The van der Waals surface area contributed by atoms with Crippen LogP contribution in [0.15, 0.2) is 0 Å². The minimum Gasteiger partial charge on any atom is -0.381 e. The third-order valence-electron chi connectivity index (χ3n) is 4.01. The standard InChI is InChI=1S/C12H21Si.C4H8O.2C4H11Si.Sc/c1-8-9(2)11(4)12(10(8)3)13(5,6)7;1-2-4-5-3-1;2*1-5(2,3)4;/h1-7H3;1-4H2;2*1H2,2-4H3;/q;;2*-1;+3. The van der Waals surface area contributed by atoms with E-state index in [2.05, 4.69) is 99.7 Å². The van der Waals surface area contributed by atoms with Gasteiger partial charge in [0.15, 0.2) is 0 Å². The Morgan fingerprint density at radius 3 is 0.931 bits per heavy atom. The summed E-state index contributed by atoms with van der Waals surface area (Å²) in [6, 6.07) is 0. The summed E-state index contributed by atoms with van der Waals surface area (Å²) in [5.41, 5.74) is 1.68.